The van der Waals surface area contributed by atoms with Crippen LogP contribution in [0.3, 0.4) is 0 Å². The monoisotopic (exact) mass is 180 g/mol. The molecule has 0 aromatic heterocycles. The Balaban J connectivity index is 2.64. The number of quaternary nitrogens is 1. The summed E-state index contributed by atoms with van der Waals surface area (Å²) in [7, 11) is 6.04. The zero-order valence-corrected chi connectivity index (χ0v) is 8.82. The molecule has 1 aromatic carbocycles. The van der Waals surface area contributed by atoms with Gasteiger partial charge in [0.2, 0.25) is 0 Å². The average Bonchev–Trinajstić information content (AvgIpc) is 2.03. The lowest BCUT2D eigenvalue weighted by molar-refractivity contribution is -1.07. The standard InChI is InChI=1S/C11H18NO/c1-10(13-12(2,3)4)11-8-6-5-7-9-11/h5-10H,1-4H3/q+1. The van der Waals surface area contributed by atoms with Crippen LogP contribution in [-0.4, -0.2) is 25.8 Å². The van der Waals surface area contributed by atoms with Crippen LogP contribution in [0.4, 0.5) is 0 Å². The van der Waals surface area contributed by atoms with Crippen molar-refractivity contribution in [3.05, 3.63) is 35.9 Å². The molecule has 0 fully saturated rings. The highest BCUT2D eigenvalue weighted by molar-refractivity contribution is 5.16. The molecule has 0 amide bonds. The van der Waals surface area contributed by atoms with Crippen molar-refractivity contribution in [1.82, 2.24) is 0 Å². The van der Waals surface area contributed by atoms with E-state index in [1.807, 2.05) is 39.3 Å². The van der Waals surface area contributed by atoms with Crippen LogP contribution >= 0.6 is 0 Å². The topological polar surface area (TPSA) is 9.23 Å². The molecule has 0 N–H and O–H groups in total. The first-order valence-electron chi connectivity index (χ1n) is 4.54. The predicted octanol–water partition coefficient (Wildman–Crippen LogP) is 2.39. The lowest BCUT2D eigenvalue weighted by atomic mass is 10.1. The molecule has 2 heteroatoms. The predicted molar refractivity (Wildman–Crippen MR) is 54.0 cm³/mol. The summed E-state index contributed by atoms with van der Waals surface area (Å²) < 4.78 is 0.524. The van der Waals surface area contributed by atoms with Crippen LogP contribution in [0, 0.1) is 0 Å². The maximum absolute atomic E-state index is 5.76. The van der Waals surface area contributed by atoms with Gasteiger partial charge in [0.05, 0.1) is 21.1 Å². The highest BCUT2D eigenvalue weighted by atomic mass is 16.7. The molecule has 1 aromatic rings. The van der Waals surface area contributed by atoms with Gasteiger partial charge in [-0.05, 0) is 12.5 Å². The quantitative estimate of drug-likeness (QED) is 0.512. The molecule has 0 radical (unpaired) electrons. The zero-order valence-electron chi connectivity index (χ0n) is 8.82. The van der Waals surface area contributed by atoms with E-state index in [0.717, 1.165) is 0 Å². The Morgan fingerprint density at radius 2 is 1.62 bits per heavy atom. The molecule has 0 bridgehead atoms. The summed E-state index contributed by atoms with van der Waals surface area (Å²) in [6, 6.07) is 10.2. The number of hydrogen-bond donors (Lipinski definition) is 0. The van der Waals surface area contributed by atoms with E-state index in [2.05, 4.69) is 19.1 Å². The van der Waals surface area contributed by atoms with E-state index < -0.39 is 0 Å². The lowest BCUT2D eigenvalue weighted by Gasteiger charge is -2.25. The smallest absolute Gasteiger partial charge is 0.139 e. The van der Waals surface area contributed by atoms with Crippen molar-refractivity contribution < 1.29 is 9.48 Å². The molecule has 0 heterocycles. The Kier molecular flexibility index (Phi) is 3.07. The molecular formula is C11H18NO+. The first-order valence-corrected chi connectivity index (χ1v) is 4.54. The summed E-state index contributed by atoms with van der Waals surface area (Å²) in [5.74, 6) is 0. The van der Waals surface area contributed by atoms with Crippen molar-refractivity contribution in [2.24, 2.45) is 0 Å². The Hall–Kier alpha value is -0.860. The number of benzene rings is 1. The molecule has 0 spiro atoms. The van der Waals surface area contributed by atoms with Gasteiger partial charge >= 0.3 is 0 Å². The molecule has 0 saturated carbocycles. The van der Waals surface area contributed by atoms with Gasteiger partial charge in [-0.2, -0.15) is 9.48 Å². The van der Waals surface area contributed by atoms with Crippen LogP contribution < -0.4 is 0 Å². The Bertz CT molecular complexity index is 251. The summed E-state index contributed by atoms with van der Waals surface area (Å²) in [5.41, 5.74) is 1.22. The number of hydrogen-bond acceptors (Lipinski definition) is 1. The highest BCUT2D eigenvalue weighted by Crippen LogP contribution is 2.18. The van der Waals surface area contributed by atoms with E-state index in [9.17, 15) is 0 Å². The fourth-order valence-electron chi connectivity index (χ4n) is 1.26. The van der Waals surface area contributed by atoms with Crippen LogP contribution in [0.2, 0.25) is 0 Å². The van der Waals surface area contributed by atoms with E-state index >= 15 is 0 Å². The molecule has 2 nitrogen and oxygen atoms in total. The summed E-state index contributed by atoms with van der Waals surface area (Å²) in [6.45, 7) is 2.07. The van der Waals surface area contributed by atoms with Gasteiger partial charge in [0.15, 0.2) is 0 Å². The zero-order chi connectivity index (χ0) is 9.90. The van der Waals surface area contributed by atoms with E-state index in [4.69, 9.17) is 4.84 Å². The molecule has 1 rings (SSSR count). The van der Waals surface area contributed by atoms with Gasteiger partial charge in [0.25, 0.3) is 0 Å². The van der Waals surface area contributed by atoms with E-state index in [1.54, 1.807) is 0 Å². The first-order chi connectivity index (χ1) is 5.99. The van der Waals surface area contributed by atoms with Gasteiger partial charge in [-0.15, -0.1) is 0 Å². The normalized spacial score (nSPS) is 14.2. The van der Waals surface area contributed by atoms with Crippen molar-refractivity contribution in [2.75, 3.05) is 21.1 Å². The maximum atomic E-state index is 5.76. The third-order valence-electron chi connectivity index (χ3n) is 1.74. The third-order valence-corrected chi connectivity index (χ3v) is 1.74. The summed E-state index contributed by atoms with van der Waals surface area (Å²) in [4.78, 5) is 5.76. The average molecular weight is 180 g/mol. The van der Waals surface area contributed by atoms with E-state index in [1.165, 1.54) is 5.56 Å². The minimum absolute atomic E-state index is 0.140. The largest absolute Gasteiger partial charge is 0.196 e. The summed E-state index contributed by atoms with van der Waals surface area (Å²) in [5, 5.41) is 0. The number of nitrogens with zero attached hydrogens (tertiary/aromatic N) is 1. The van der Waals surface area contributed by atoms with Crippen molar-refractivity contribution in [3.8, 4) is 0 Å². The van der Waals surface area contributed by atoms with Crippen molar-refractivity contribution in [1.29, 1.82) is 0 Å². The number of hydroxylamine groups is 3. The Labute approximate surface area is 80.3 Å². The van der Waals surface area contributed by atoms with Gasteiger partial charge in [0, 0.05) is 0 Å². The second-order valence-electron chi connectivity index (χ2n) is 4.05. The first kappa shape index (κ1) is 10.2. The van der Waals surface area contributed by atoms with Crippen LogP contribution in [-0.2, 0) is 4.84 Å². The van der Waals surface area contributed by atoms with Crippen molar-refractivity contribution in [2.45, 2.75) is 13.0 Å². The van der Waals surface area contributed by atoms with E-state index in [-0.39, 0.29) is 6.10 Å². The molecule has 0 aliphatic heterocycles. The minimum Gasteiger partial charge on any atom is -0.196 e. The maximum Gasteiger partial charge on any atom is 0.139 e. The van der Waals surface area contributed by atoms with Gasteiger partial charge in [0.1, 0.15) is 6.10 Å². The van der Waals surface area contributed by atoms with Crippen molar-refractivity contribution in [3.63, 3.8) is 0 Å². The fourth-order valence-corrected chi connectivity index (χ4v) is 1.26. The number of rotatable bonds is 3. The molecule has 72 valence electrons. The Morgan fingerprint density at radius 1 is 1.08 bits per heavy atom. The molecular weight excluding hydrogens is 162 g/mol. The lowest BCUT2D eigenvalue weighted by Crippen LogP contribution is -2.35. The highest BCUT2D eigenvalue weighted by Gasteiger charge is 2.15. The molecule has 13 heavy (non-hydrogen) atoms. The minimum atomic E-state index is 0.140. The van der Waals surface area contributed by atoms with E-state index in [0.29, 0.717) is 4.65 Å². The van der Waals surface area contributed by atoms with Gasteiger partial charge in [-0.1, -0.05) is 30.3 Å². The second-order valence-corrected chi connectivity index (χ2v) is 4.05. The summed E-state index contributed by atoms with van der Waals surface area (Å²) >= 11 is 0. The van der Waals surface area contributed by atoms with Crippen LogP contribution in [0.5, 0.6) is 0 Å². The second kappa shape index (κ2) is 3.90. The van der Waals surface area contributed by atoms with Crippen LogP contribution in [0.1, 0.15) is 18.6 Å². The summed E-state index contributed by atoms with van der Waals surface area (Å²) in [6.07, 6.45) is 0.140. The molecule has 1 atom stereocenters. The Morgan fingerprint density at radius 3 is 2.08 bits per heavy atom. The van der Waals surface area contributed by atoms with Gasteiger partial charge in [-0.3, -0.25) is 0 Å². The van der Waals surface area contributed by atoms with Crippen LogP contribution in [0.15, 0.2) is 30.3 Å². The molecule has 0 saturated heterocycles. The fraction of sp³-hybridized carbons (Fsp3) is 0.455. The van der Waals surface area contributed by atoms with Gasteiger partial charge in [-0.25, -0.2) is 0 Å². The third kappa shape index (κ3) is 3.57. The van der Waals surface area contributed by atoms with Crippen molar-refractivity contribution >= 4 is 0 Å². The SMILES string of the molecule is CC(O[N+](C)(C)C)c1ccccc1. The van der Waals surface area contributed by atoms with Gasteiger partial charge < -0.3 is 0 Å². The molecule has 1 unspecified atom stereocenters. The van der Waals surface area contributed by atoms with Crippen LogP contribution in [0.25, 0.3) is 0 Å². The molecule has 0 aliphatic rings. The molecule has 0 aliphatic carbocycles.